The summed E-state index contributed by atoms with van der Waals surface area (Å²) in [7, 11) is -2.49. The van der Waals surface area contributed by atoms with Crippen LogP contribution in [0.3, 0.4) is 0 Å². The van der Waals surface area contributed by atoms with E-state index in [1.165, 1.54) is 20.0 Å². The van der Waals surface area contributed by atoms with E-state index in [0.29, 0.717) is 0 Å². The van der Waals surface area contributed by atoms with Crippen molar-refractivity contribution in [1.82, 2.24) is 4.31 Å². The smallest absolute Gasteiger partial charge is 0.304 e. The molecule has 0 fully saturated rings. The summed E-state index contributed by atoms with van der Waals surface area (Å²) in [5.41, 5.74) is 0.289. The van der Waals surface area contributed by atoms with Crippen LogP contribution >= 0.6 is 0 Å². The molecule has 5 nitrogen and oxygen atoms in total. The van der Waals surface area contributed by atoms with Crippen molar-refractivity contribution < 1.29 is 22.7 Å². The van der Waals surface area contributed by atoms with E-state index in [1.807, 2.05) is 0 Å². The van der Waals surface area contributed by atoms with E-state index in [-0.39, 0.29) is 23.4 Å². The van der Waals surface area contributed by atoms with Crippen molar-refractivity contribution in [1.29, 1.82) is 0 Å². The Balaban J connectivity index is 3.02. The molecule has 0 atom stereocenters. The van der Waals surface area contributed by atoms with Crippen molar-refractivity contribution >= 4 is 16.0 Å². The molecular formula is C11H14FNO4S. The van der Waals surface area contributed by atoms with Gasteiger partial charge in [0.15, 0.2) is 0 Å². The molecule has 0 aliphatic heterocycles. The van der Waals surface area contributed by atoms with Crippen molar-refractivity contribution in [3.63, 3.8) is 0 Å². The number of aliphatic carboxylic acids is 1. The Morgan fingerprint density at radius 1 is 1.44 bits per heavy atom. The maximum absolute atomic E-state index is 12.9. The van der Waals surface area contributed by atoms with E-state index < -0.39 is 21.8 Å². The average Bonchev–Trinajstić information content (AvgIpc) is 2.24. The molecule has 1 rings (SSSR count). The van der Waals surface area contributed by atoms with Crippen LogP contribution in [0.4, 0.5) is 4.39 Å². The molecule has 0 aromatic heterocycles. The van der Waals surface area contributed by atoms with Gasteiger partial charge in [-0.2, -0.15) is 0 Å². The molecule has 7 heteroatoms. The predicted octanol–water partition coefficient (Wildman–Crippen LogP) is 1.23. The number of rotatable bonds is 5. The summed E-state index contributed by atoms with van der Waals surface area (Å²) in [5.74, 6) is -1.59. The summed E-state index contributed by atoms with van der Waals surface area (Å²) in [5, 5.41) is 8.52. The fraction of sp³-hybridized carbons (Fsp3) is 0.364. The minimum Gasteiger partial charge on any atom is -0.481 e. The molecule has 0 aliphatic carbocycles. The molecule has 0 amide bonds. The zero-order chi connectivity index (χ0) is 13.9. The number of nitrogens with zero attached hydrogens (tertiary/aromatic N) is 1. The van der Waals surface area contributed by atoms with Crippen molar-refractivity contribution in [3.8, 4) is 0 Å². The highest BCUT2D eigenvalue weighted by molar-refractivity contribution is 7.89. The van der Waals surface area contributed by atoms with Gasteiger partial charge in [-0.15, -0.1) is 0 Å². The van der Waals surface area contributed by atoms with Crippen molar-refractivity contribution in [3.05, 3.63) is 29.6 Å². The fourth-order valence-corrected chi connectivity index (χ4v) is 2.82. The largest absolute Gasteiger partial charge is 0.481 e. The van der Waals surface area contributed by atoms with Crippen LogP contribution in [0.2, 0.25) is 0 Å². The summed E-state index contributed by atoms with van der Waals surface area (Å²) in [6.45, 7) is 1.36. The molecule has 1 N–H and O–H groups in total. The minimum absolute atomic E-state index is 0.0169. The molecule has 1 aromatic rings. The lowest BCUT2D eigenvalue weighted by molar-refractivity contribution is -0.137. The number of carboxylic acids is 1. The highest BCUT2D eigenvalue weighted by Gasteiger charge is 2.23. The standard InChI is InChI=1S/C11H14FNO4S/c1-8-7-9(12)3-4-10(8)18(16,17)13(2)6-5-11(14)15/h3-4,7H,5-6H2,1-2H3,(H,14,15). The third-order valence-corrected chi connectivity index (χ3v) is 4.48. The Morgan fingerprint density at radius 3 is 2.56 bits per heavy atom. The third-order valence-electron chi connectivity index (χ3n) is 2.47. The second-order valence-corrected chi connectivity index (χ2v) is 5.89. The third kappa shape index (κ3) is 3.27. The molecule has 18 heavy (non-hydrogen) atoms. The van der Waals surface area contributed by atoms with E-state index in [9.17, 15) is 17.6 Å². The average molecular weight is 275 g/mol. The zero-order valence-corrected chi connectivity index (χ0v) is 10.9. The van der Waals surface area contributed by atoms with Crippen LogP contribution in [-0.4, -0.2) is 37.4 Å². The van der Waals surface area contributed by atoms with Crippen LogP contribution in [0.15, 0.2) is 23.1 Å². The molecule has 100 valence electrons. The van der Waals surface area contributed by atoms with Crippen molar-refractivity contribution in [2.75, 3.05) is 13.6 Å². The summed E-state index contributed by atoms with van der Waals surface area (Å²) in [6.07, 6.45) is -0.282. The molecule has 0 radical (unpaired) electrons. The zero-order valence-electron chi connectivity index (χ0n) is 10.1. The summed E-state index contributed by atoms with van der Waals surface area (Å²) < 4.78 is 38.0. The van der Waals surface area contributed by atoms with Crippen LogP contribution in [-0.2, 0) is 14.8 Å². The molecule has 0 spiro atoms. The monoisotopic (exact) mass is 275 g/mol. The molecule has 0 unspecified atom stereocenters. The molecule has 0 bridgehead atoms. The lowest BCUT2D eigenvalue weighted by Crippen LogP contribution is -2.29. The quantitative estimate of drug-likeness (QED) is 0.877. The van der Waals surface area contributed by atoms with Gasteiger partial charge in [-0.1, -0.05) is 0 Å². The van der Waals surface area contributed by atoms with E-state index in [0.717, 1.165) is 16.4 Å². The predicted molar refractivity (Wildman–Crippen MR) is 63.2 cm³/mol. The summed E-state index contributed by atoms with van der Waals surface area (Å²) >= 11 is 0. The number of carbonyl (C=O) groups is 1. The Bertz CT molecular complexity index is 556. The van der Waals surface area contributed by atoms with E-state index >= 15 is 0 Å². The normalized spacial score (nSPS) is 11.8. The van der Waals surface area contributed by atoms with Gasteiger partial charge in [0.1, 0.15) is 5.82 Å². The van der Waals surface area contributed by atoms with Gasteiger partial charge in [0, 0.05) is 13.6 Å². The number of hydrogen-bond donors (Lipinski definition) is 1. The van der Waals surface area contributed by atoms with Gasteiger partial charge in [0.05, 0.1) is 11.3 Å². The first-order valence-corrected chi connectivity index (χ1v) is 6.63. The molecule has 1 aromatic carbocycles. The maximum atomic E-state index is 12.9. The second kappa shape index (κ2) is 5.45. The van der Waals surface area contributed by atoms with Crippen LogP contribution in [0.1, 0.15) is 12.0 Å². The van der Waals surface area contributed by atoms with Gasteiger partial charge >= 0.3 is 5.97 Å². The van der Waals surface area contributed by atoms with Crippen LogP contribution in [0.25, 0.3) is 0 Å². The van der Waals surface area contributed by atoms with Crippen LogP contribution in [0, 0.1) is 12.7 Å². The fourth-order valence-electron chi connectivity index (χ4n) is 1.44. The van der Waals surface area contributed by atoms with E-state index in [4.69, 9.17) is 5.11 Å². The first-order chi connectivity index (χ1) is 8.25. The van der Waals surface area contributed by atoms with Gasteiger partial charge in [-0.3, -0.25) is 4.79 Å². The lowest BCUT2D eigenvalue weighted by atomic mass is 10.2. The molecule has 0 saturated carbocycles. The van der Waals surface area contributed by atoms with Crippen molar-refractivity contribution in [2.24, 2.45) is 0 Å². The number of sulfonamides is 1. The number of carboxylic acid groups (broad SMARTS) is 1. The molecule has 0 saturated heterocycles. The Kier molecular flexibility index (Phi) is 4.42. The van der Waals surface area contributed by atoms with Gasteiger partial charge < -0.3 is 5.11 Å². The summed E-state index contributed by atoms with van der Waals surface area (Å²) in [4.78, 5) is 10.4. The topological polar surface area (TPSA) is 74.7 Å². The van der Waals surface area contributed by atoms with Crippen LogP contribution < -0.4 is 0 Å². The second-order valence-electron chi connectivity index (χ2n) is 3.88. The van der Waals surface area contributed by atoms with Gasteiger partial charge in [0.25, 0.3) is 0 Å². The van der Waals surface area contributed by atoms with E-state index in [2.05, 4.69) is 0 Å². The Hall–Kier alpha value is -1.47. The maximum Gasteiger partial charge on any atom is 0.304 e. The van der Waals surface area contributed by atoms with Gasteiger partial charge in [-0.05, 0) is 30.7 Å². The molecule has 0 aliphatic rings. The first kappa shape index (κ1) is 14.6. The van der Waals surface area contributed by atoms with Crippen LogP contribution in [0.5, 0.6) is 0 Å². The Labute approximate surface area is 105 Å². The van der Waals surface area contributed by atoms with Gasteiger partial charge in [-0.25, -0.2) is 17.1 Å². The highest BCUT2D eigenvalue weighted by Crippen LogP contribution is 2.19. The molecule has 0 heterocycles. The minimum atomic E-state index is -3.78. The van der Waals surface area contributed by atoms with Crippen molar-refractivity contribution in [2.45, 2.75) is 18.2 Å². The van der Waals surface area contributed by atoms with Gasteiger partial charge in [0.2, 0.25) is 10.0 Å². The SMILES string of the molecule is Cc1cc(F)ccc1S(=O)(=O)N(C)CCC(=O)O. The molecular weight excluding hydrogens is 261 g/mol. The number of benzene rings is 1. The highest BCUT2D eigenvalue weighted by atomic mass is 32.2. The number of halogens is 1. The number of aryl methyl sites for hydroxylation is 1. The first-order valence-electron chi connectivity index (χ1n) is 5.19. The lowest BCUT2D eigenvalue weighted by Gasteiger charge is -2.17. The summed E-state index contributed by atoms with van der Waals surface area (Å²) in [6, 6.07) is 3.36. The Morgan fingerprint density at radius 2 is 2.06 bits per heavy atom. The number of hydrogen-bond acceptors (Lipinski definition) is 3. The van der Waals surface area contributed by atoms with E-state index in [1.54, 1.807) is 0 Å².